The van der Waals surface area contributed by atoms with Crippen LogP contribution < -0.4 is 10.6 Å². The van der Waals surface area contributed by atoms with Crippen LogP contribution in [0.1, 0.15) is 57.4 Å². The highest BCUT2D eigenvalue weighted by molar-refractivity contribution is 5.89. The van der Waals surface area contributed by atoms with Gasteiger partial charge in [0.1, 0.15) is 0 Å². The van der Waals surface area contributed by atoms with Crippen LogP contribution in [0.4, 0.5) is 10.5 Å². The molecule has 2 amide bonds. The third-order valence-electron chi connectivity index (χ3n) is 5.51. The Labute approximate surface area is 146 Å². The van der Waals surface area contributed by atoms with E-state index in [1.165, 1.54) is 38.6 Å². The van der Waals surface area contributed by atoms with Gasteiger partial charge in [-0.15, -0.1) is 0 Å². The van der Waals surface area contributed by atoms with Crippen molar-refractivity contribution < 1.29 is 4.79 Å². The minimum absolute atomic E-state index is 0.0642. The van der Waals surface area contributed by atoms with Gasteiger partial charge >= 0.3 is 6.03 Å². The summed E-state index contributed by atoms with van der Waals surface area (Å²) in [5.41, 5.74) is 2.03. The summed E-state index contributed by atoms with van der Waals surface area (Å²) in [6, 6.07) is 9.52. The number of carbonyl (C=O) groups excluding carboxylic acids is 1. The maximum absolute atomic E-state index is 12.3. The molecule has 0 aliphatic carbocycles. The smallest absolute Gasteiger partial charge is 0.319 e. The molecule has 2 heterocycles. The number of fused-ring (bicyclic) bond motifs is 2. The zero-order valence-electron chi connectivity index (χ0n) is 15.1. The number of carbonyl (C=O) groups is 1. The average molecular weight is 329 g/mol. The molecular weight excluding hydrogens is 298 g/mol. The van der Waals surface area contributed by atoms with E-state index in [2.05, 4.69) is 22.5 Å². The molecule has 1 aromatic carbocycles. The first kappa shape index (κ1) is 17.3. The summed E-state index contributed by atoms with van der Waals surface area (Å²) in [7, 11) is 0. The van der Waals surface area contributed by atoms with Gasteiger partial charge in [0.25, 0.3) is 0 Å². The van der Waals surface area contributed by atoms with Gasteiger partial charge in [0.2, 0.25) is 0 Å². The van der Waals surface area contributed by atoms with Crippen molar-refractivity contribution in [2.75, 3.05) is 11.9 Å². The van der Waals surface area contributed by atoms with Crippen LogP contribution >= 0.6 is 0 Å². The number of hydrogen-bond acceptors (Lipinski definition) is 2. The summed E-state index contributed by atoms with van der Waals surface area (Å²) in [5.74, 6) is 0. The van der Waals surface area contributed by atoms with E-state index >= 15 is 0 Å². The van der Waals surface area contributed by atoms with Crippen LogP contribution in [-0.2, 0) is 0 Å². The minimum atomic E-state index is -0.0642. The van der Waals surface area contributed by atoms with Crippen LogP contribution in [0.2, 0.25) is 0 Å². The summed E-state index contributed by atoms with van der Waals surface area (Å²) < 4.78 is 0. The number of rotatable bonds is 5. The lowest BCUT2D eigenvalue weighted by Crippen LogP contribution is -2.57. The second-order valence-electron chi connectivity index (χ2n) is 7.47. The lowest BCUT2D eigenvalue weighted by atomic mass is 9.81. The van der Waals surface area contributed by atoms with Crippen molar-refractivity contribution in [3.8, 4) is 0 Å². The molecule has 2 fully saturated rings. The number of unbranched alkanes of at least 4 members (excludes halogenated alkanes) is 1. The van der Waals surface area contributed by atoms with E-state index in [4.69, 9.17) is 0 Å². The molecule has 2 unspecified atom stereocenters. The van der Waals surface area contributed by atoms with Crippen LogP contribution in [0.15, 0.2) is 24.3 Å². The summed E-state index contributed by atoms with van der Waals surface area (Å²) in [4.78, 5) is 15.1. The normalized spacial score (nSPS) is 26.8. The van der Waals surface area contributed by atoms with E-state index in [1.54, 1.807) is 0 Å². The number of amides is 2. The monoisotopic (exact) mass is 329 g/mol. The van der Waals surface area contributed by atoms with Crippen molar-refractivity contribution in [2.45, 2.75) is 76.9 Å². The van der Waals surface area contributed by atoms with E-state index in [9.17, 15) is 4.79 Å². The first-order valence-electron chi connectivity index (χ1n) is 9.55. The van der Waals surface area contributed by atoms with Gasteiger partial charge in [0.05, 0.1) is 0 Å². The average Bonchev–Trinajstić information content (AvgIpc) is 2.52. The van der Waals surface area contributed by atoms with Gasteiger partial charge in [0.15, 0.2) is 0 Å². The summed E-state index contributed by atoms with van der Waals surface area (Å²) >= 11 is 0. The van der Waals surface area contributed by atoms with Gasteiger partial charge in [-0.3, -0.25) is 4.90 Å². The molecule has 2 saturated heterocycles. The molecule has 2 aliphatic rings. The number of benzene rings is 1. The molecule has 132 valence electrons. The Balaban J connectivity index is 1.54. The zero-order chi connectivity index (χ0) is 16.9. The zero-order valence-corrected chi connectivity index (χ0v) is 15.1. The molecule has 2 atom stereocenters. The second kappa shape index (κ2) is 8.02. The first-order valence-corrected chi connectivity index (χ1v) is 9.55. The Bertz CT molecular complexity index is 546. The summed E-state index contributed by atoms with van der Waals surface area (Å²) in [5, 5.41) is 6.19. The molecule has 0 spiro atoms. The van der Waals surface area contributed by atoms with Gasteiger partial charge in [-0.05, 0) is 63.3 Å². The molecule has 0 radical (unpaired) electrons. The van der Waals surface area contributed by atoms with Gasteiger partial charge in [-0.25, -0.2) is 4.79 Å². The fourth-order valence-corrected chi connectivity index (χ4v) is 4.38. The topological polar surface area (TPSA) is 44.4 Å². The molecule has 2 bridgehead atoms. The molecule has 24 heavy (non-hydrogen) atoms. The molecule has 3 rings (SSSR count). The quantitative estimate of drug-likeness (QED) is 0.846. The van der Waals surface area contributed by atoms with E-state index in [-0.39, 0.29) is 6.03 Å². The van der Waals surface area contributed by atoms with Crippen molar-refractivity contribution in [1.82, 2.24) is 10.2 Å². The lowest BCUT2D eigenvalue weighted by molar-refractivity contribution is 0.0260. The molecule has 0 saturated carbocycles. The van der Waals surface area contributed by atoms with Crippen molar-refractivity contribution in [3.63, 3.8) is 0 Å². The molecule has 0 aromatic heterocycles. The van der Waals surface area contributed by atoms with Crippen molar-refractivity contribution in [1.29, 1.82) is 0 Å². The van der Waals surface area contributed by atoms with Crippen molar-refractivity contribution in [3.05, 3.63) is 29.8 Å². The van der Waals surface area contributed by atoms with Gasteiger partial charge < -0.3 is 10.6 Å². The number of nitrogens with one attached hydrogen (secondary N) is 2. The van der Waals surface area contributed by atoms with Gasteiger partial charge in [-0.2, -0.15) is 0 Å². The molecule has 2 aliphatic heterocycles. The largest absolute Gasteiger partial charge is 0.335 e. The summed E-state index contributed by atoms with van der Waals surface area (Å²) in [6.45, 7) is 5.53. The van der Waals surface area contributed by atoms with Crippen molar-refractivity contribution >= 4 is 11.7 Å². The second-order valence-corrected chi connectivity index (χ2v) is 7.47. The van der Waals surface area contributed by atoms with Crippen molar-refractivity contribution in [2.24, 2.45) is 0 Å². The first-order chi connectivity index (χ1) is 11.7. The minimum Gasteiger partial charge on any atom is -0.335 e. The van der Waals surface area contributed by atoms with E-state index < -0.39 is 0 Å². The predicted molar refractivity (Wildman–Crippen MR) is 99.4 cm³/mol. The third-order valence-corrected chi connectivity index (χ3v) is 5.51. The van der Waals surface area contributed by atoms with E-state index in [0.29, 0.717) is 18.1 Å². The molecule has 4 heteroatoms. The number of urea groups is 1. The van der Waals surface area contributed by atoms with Crippen LogP contribution in [-0.4, -0.2) is 35.6 Å². The van der Waals surface area contributed by atoms with E-state index in [0.717, 1.165) is 24.1 Å². The standard InChI is InChI=1S/C20H31N3O/c1-3-4-11-23-18-9-6-10-19(23)14-17(13-18)22-20(24)21-16-8-5-7-15(2)12-16/h5,7-8,12,17-19H,3-4,6,9-11,13-14H2,1-2H3,(H2,21,22,24). The van der Waals surface area contributed by atoms with Gasteiger partial charge in [0, 0.05) is 23.8 Å². The Kier molecular flexibility index (Phi) is 5.77. The molecule has 2 N–H and O–H groups in total. The number of nitrogens with zero attached hydrogens (tertiary/aromatic N) is 1. The number of aryl methyl sites for hydroxylation is 1. The van der Waals surface area contributed by atoms with Crippen LogP contribution in [0.5, 0.6) is 0 Å². The Morgan fingerprint density at radius 3 is 2.67 bits per heavy atom. The maximum Gasteiger partial charge on any atom is 0.319 e. The Hall–Kier alpha value is -1.55. The highest BCUT2D eigenvalue weighted by Crippen LogP contribution is 2.34. The van der Waals surface area contributed by atoms with Gasteiger partial charge in [-0.1, -0.05) is 31.9 Å². The maximum atomic E-state index is 12.3. The van der Waals surface area contributed by atoms with Crippen LogP contribution in [0, 0.1) is 6.92 Å². The molecule has 4 nitrogen and oxygen atoms in total. The summed E-state index contributed by atoms with van der Waals surface area (Å²) in [6.07, 6.45) is 8.67. The van der Waals surface area contributed by atoms with Crippen LogP contribution in [0.25, 0.3) is 0 Å². The fourth-order valence-electron chi connectivity index (χ4n) is 4.38. The molecular formula is C20H31N3O. The Morgan fingerprint density at radius 2 is 2.00 bits per heavy atom. The number of hydrogen-bond donors (Lipinski definition) is 2. The van der Waals surface area contributed by atoms with Crippen LogP contribution in [0.3, 0.4) is 0 Å². The number of piperidine rings is 2. The highest BCUT2D eigenvalue weighted by atomic mass is 16.2. The third kappa shape index (κ3) is 4.29. The predicted octanol–water partition coefficient (Wildman–Crippen LogP) is 4.30. The van der Waals surface area contributed by atoms with E-state index in [1.807, 2.05) is 31.2 Å². The SMILES string of the molecule is CCCCN1C2CCCC1CC(NC(=O)Nc1cccc(C)c1)C2. The lowest BCUT2D eigenvalue weighted by Gasteiger charge is -2.49. The molecule has 1 aromatic rings. The Morgan fingerprint density at radius 1 is 1.25 bits per heavy atom. The highest BCUT2D eigenvalue weighted by Gasteiger charge is 2.38. The fraction of sp³-hybridized carbons (Fsp3) is 0.650. The number of anilines is 1.